The fraction of sp³-hybridized carbons (Fsp3) is 0.562. The van der Waals surface area contributed by atoms with Crippen molar-refractivity contribution >= 4 is 23.4 Å². The van der Waals surface area contributed by atoms with E-state index in [0.717, 1.165) is 42.1 Å². The maximum absolute atomic E-state index is 12.3. The first-order chi connectivity index (χ1) is 9.66. The molecule has 1 aromatic carbocycles. The third-order valence-electron chi connectivity index (χ3n) is 3.76. The Hall–Kier alpha value is -1.16. The molecule has 0 unspecified atom stereocenters. The van der Waals surface area contributed by atoms with Gasteiger partial charge in [0.25, 0.3) is 0 Å². The van der Waals surface area contributed by atoms with Crippen LogP contribution in [0, 0.1) is 6.92 Å². The second-order valence-electron chi connectivity index (χ2n) is 5.46. The number of nitrogens with zero attached hydrogens (tertiary/aromatic N) is 1. The normalized spacial score (nSPS) is 16.6. The number of hydrogen-bond donors (Lipinski definition) is 1. The molecule has 1 heterocycles. The summed E-state index contributed by atoms with van der Waals surface area (Å²) in [4.78, 5) is 15.5. The minimum Gasteiger partial charge on any atom is -0.399 e. The van der Waals surface area contributed by atoms with E-state index in [1.807, 2.05) is 30.0 Å². The van der Waals surface area contributed by atoms with Gasteiger partial charge in [0, 0.05) is 23.7 Å². The molecule has 0 radical (unpaired) electrons. The molecule has 0 saturated carbocycles. The maximum atomic E-state index is 12.3. The number of likely N-dealkylation sites (tertiary alicyclic amines) is 1. The number of hydrogen-bond acceptors (Lipinski definition) is 3. The van der Waals surface area contributed by atoms with Crippen molar-refractivity contribution in [3.63, 3.8) is 0 Å². The van der Waals surface area contributed by atoms with Crippen molar-refractivity contribution in [2.75, 3.05) is 24.6 Å². The van der Waals surface area contributed by atoms with Crippen LogP contribution >= 0.6 is 11.8 Å². The highest BCUT2D eigenvalue weighted by atomic mass is 32.2. The monoisotopic (exact) mass is 292 g/mol. The number of nitrogen functional groups attached to an aromatic ring is 1. The van der Waals surface area contributed by atoms with E-state index in [2.05, 4.69) is 0 Å². The number of rotatable bonds is 3. The number of anilines is 1. The van der Waals surface area contributed by atoms with Crippen LogP contribution in [0.15, 0.2) is 23.1 Å². The molecule has 0 atom stereocenters. The molecule has 1 aromatic rings. The third kappa shape index (κ3) is 4.44. The number of benzene rings is 1. The molecule has 0 bridgehead atoms. The average molecular weight is 292 g/mol. The zero-order valence-corrected chi connectivity index (χ0v) is 13.0. The number of carbonyl (C=O) groups excluding carboxylic acids is 1. The Morgan fingerprint density at radius 1 is 1.20 bits per heavy atom. The molecule has 1 amide bonds. The predicted octanol–water partition coefficient (Wildman–Crippen LogP) is 3.46. The standard InChI is InChI=1S/C16H24N2OS/c1-13-11-14(17)7-8-15(13)20-12-16(19)18-9-5-3-2-4-6-10-18/h7-8,11H,2-6,9-10,12,17H2,1H3. The largest absolute Gasteiger partial charge is 0.399 e. The van der Waals surface area contributed by atoms with Gasteiger partial charge in [-0.2, -0.15) is 0 Å². The highest BCUT2D eigenvalue weighted by molar-refractivity contribution is 8.00. The zero-order chi connectivity index (χ0) is 14.4. The van der Waals surface area contributed by atoms with Crippen molar-refractivity contribution in [2.24, 2.45) is 0 Å². The van der Waals surface area contributed by atoms with Crippen LogP contribution in [-0.2, 0) is 4.79 Å². The van der Waals surface area contributed by atoms with Gasteiger partial charge in [0.2, 0.25) is 5.91 Å². The first kappa shape index (κ1) is 15.2. The van der Waals surface area contributed by atoms with Gasteiger partial charge >= 0.3 is 0 Å². The molecule has 3 nitrogen and oxygen atoms in total. The van der Waals surface area contributed by atoms with Crippen molar-refractivity contribution in [3.8, 4) is 0 Å². The van der Waals surface area contributed by atoms with Gasteiger partial charge in [0.15, 0.2) is 0 Å². The van der Waals surface area contributed by atoms with Gasteiger partial charge in [-0.15, -0.1) is 11.8 Å². The molecule has 0 spiro atoms. The highest BCUT2D eigenvalue weighted by Crippen LogP contribution is 2.24. The van der Waals surface area contributed by atoms with Crippen LogP contribution < -0.4 is 5.73 Å². The lowest BCUT2D eigenvalue weighted by Crippen LogP contribution is -2.35. The second kappa shape index (κ2) is 7.58. The number of thioether (sulfide) groups is 1. The van der Waals surface area contributed by atoms with Crippen molar-refractivity contribution in [1.82, 2.24) is 4.90 Å². The SMILES string of the molecule is Cc1cc(N)ccc1SCC(=O)N1CCCCCCC1. The number of nitrogens with two attached hydrogens (primary N) is 1. The quantitative estimate of drug-likeness (QED) is 0.685. The Labute approximate surface area is 125 Å². The molecule has 2 rings (SSSR count). The van der Waals surface area contributed by atoms with Crippen molar-refractivity contribution in [3.05, 3.63) is 23.8 Å². The number of amides is 1. The molecule has 1 saturated heterocycles. The summed E-state index contributed by atoms with van der Waals surface area (Å²) in [6, 6.07) is 5.87. The fourth-order valence-electron chi connectivity index (χ4n) is 2.56. The topological polar surface area (TPSA) is 46.3 Å². The Morgan fingerprint density at radius 2 is 1.85 bits per heavy atom. The summed E-state index contributed by atoms with van der Waals surface area (Å²) in [5, 5.41) is 0. The summed E-state index contributed by atoms with van der Waals surface area (Å²) in [5.74, 6) is 0.804. The van der Waals surface area contributed by atoms with E-state index in [4.69, 9.17) is 5.73 Å². The van der Waals surface area contributed by atoms with E-state index in [1.165, 1.54) is 19.3 Å². The van der Waals surface area contributed by atoms with Crippen molar-refractivity contribution in [2.45, 2.75) is 43.9 Å². The van der Waals surface area contributed by atoms with Gasteiger partial charge in [-0.05, 0) is 43.5 Å². The van der Waals surface area contributed by atoms with Crippen LogP contribution in [0.4, 0.5) is 5.69 Å². The Balaban J connectivity index is 1.87. The van der Waals surface area contributed by atoms with E-state index < -0.39 is 0 Å². The Bertz CT molecular complexity index is 454. The van der Waals surface area contributed by atoms with Gasteiger partial charge in [-0.1, -0.05) is 19.3 Å². The van der Waals surface area contributed by atoms with Crippen LogP contribution in [0.5, 0.6) is 0 Å². The van der Waals surface area contributed by atoms with E-state index >= 15 is 0 Å². The van der Waals surface area contributed by atoms with Gasteiger partial charge in [0.05, 0.1) is 5.75 Å². The van der Waals surface area contributed by atoms with Crippen LogP contribution in [-0.4, -0.2) is 29.6 Å². The third-order valence-corrected chi connectivity index (χ3v) is 4.92. The Kier molecular flexibility index (Phi) is 5.77. The molecule has 1 fully saturated rings. The lowest BCUT2D eigenvalue weighted by molar-refractivity contribution is -0.128. The van der Waals surface area contributed by atoms with Crippen LogP contribution in [0.2, 0.25) is 0 Å². The molecule has 2 N–H and O–H groups in total. The highest BCUT2D eigenvalue weighted by Gasteiger charge is 2.15. The molecule has 110 valence electrons. The number of aryl methyl sites for hydroxylation is 1. The van der Waals surface area contributed by atoms with E-state index in [-0.39, 0.29) is 5.91 Å². The smallest absolute Gasteiger partial charge is 0.232 e. The summed E-state index contributed by atoms with van der Waals surface area (Å²) in [5.41, 5.74) is 7.68. The molecule has 0 aromatic heterocycles. The molecule has 1 aliphatic heterocycles. The fourth-order valence-corrected chi connectivity index (χ4v) is 3.47. The van der Waals surface area contributed by atoms with E-state index in [9.17, 15) is 4.79 Å². The summed E-state index contributed by atoms with van der Waals surface area (Å²) in [7, 11) is 0. The lowest BCUT2D eigenvalue weighted by Gasteiger charge is -2.24. The van der Waals surface area contributed by atoms with Crippen molar-refractivity contribution in [1.29, 1.82) is 0 Å². The van der Waals surface area contributed by atoms with E-state index in [1.54, 1.807) is 11.8 Å². The van der Waals surface area contributed by atoms with E-state index in [0.29, 0.717) is 5.75 Å². The minimum absolute atomic E-state index is 0.271. The summed E-state index contributed by atoms with van der Waals surface area (Å²) < 4.78 is 0. The van der Waals surface area contributed by atoms with Crippen LogP contribution in [0.25, 0.3) is 0 Å². The van der Waals surface area contributed by atoms with Gasteiger partial charge in [-0.25, -0.2) is 0 Å². The van der Waals surface area contributed by atoms with Gasteiger partial charge in [0.1, 0.15) is 0 Å². The Morgan fingerprint density at radius 3 is 2.50 bits per heavy atom. The van der Waals surface area contributed by atoms with Gasteiger partial charge < -0.3 is 10.6 Å². The van der Waals surface area contributed by atoms with Crippen LogP contribution in [0.3, 0.4) is 0 Å². The predicted molar refractivity (Wildman–Crippen MR) is 86.0 cm³/mol. The maximum Gasteiger partial charge on any atom is 0.232 e. The van der Waals surface area contributed by atoms with Crippen molar-refractivity contribution < 1.29 is 4.79 Å². The summed E-state index contributed by atoms with van der Waals surface area (Å²) in [6.07, 6.45) is 6.14. The first-order valence-corrected chi connectivity index (χ1v) is 8.42. The average Bonchev–Trinajstić information content (AvgIpc) is 2.37. The second-order valence-corrected chi connectivity index (χ2v) is 6.48. The molecule has 20 heavy (non-hydrogen) atoms. The molecule has 0 aliphatic carbocycles. The summed E-state index contributed by atoms with van der Waals surface area (Å²) in [6.45, 7) is 3.90. The zero-order valence-electron chi connectivity index (χ0n) is 12.2. The van der Waals surface area contributed by atoms with Gasteiger partial charge in [-0.3, -0.25) is 4.79 Å². The molecular formula is C16H24N2OS. The van der Waals surface area contributed by atoms with Crippen LogP contribution in [0.1, 0.15) is 37.7 Å². The molecular weight excluding hydrogens is 268 g/mol. The molecule has 1 aliphatic rings. The molecule has 4 heteroatoms. The number of carbonyl (C=O) groups is 1. The summed E-state index contributed by atoms with van der Waals surface area (Å²) >= 11 is 1.62. The lowest BCUT2D eigenvalue weighted by atomic mass is 10.1. The minimum atomic E-state index is 0.271. The first-order valence-electron chi connectivity index (χ1n) is 7.43.